The number of rotatable bonds is 9. The second-order valence-corrected chi connectivity index (χ2v) is 9.24. The molecule has 0 radical (unpaired) electrons. The minimum Gasteiger partial charge on any atom is -0.342 e. The molecule has 1 heterocycles. The van der Waals surface area contributed by atoms with E-state index in [9.17, 15) is 4.57 Å². The van der Waals surface area contributed by atoms with Gasteiger partial charge in [-0.3, -0.25) is 9.56 Å². The third-order valence-corrected chi connectivity index (χ3v) is 7.92. The van der Waals surface area contributed by atoms with Gasteiger partial charge >= 0.3 is 0 Å². The summed E-state index contributed by atoms with van der Waals surface area (Å²) >= 11 is 3.39. The fourth-order valence-corrected chi connectivity index (χ4v) is 6.13. The Morgan fingerprint density at radius 3 is 2.15 bits per heavy atom. The van der Waals surface area contributed by atoms with Gasteiger partial charge in [0.15, 0.2) is 0 Å². The van der Waals surface area contributed by atoms with Gasteiger partial charge in [-0.2, -0.15) is 0 Å². The zero-order valence-corrected chi connectivity index (χ0v) is 15.1. The van der Waals surface area contributed by atoms with Crippen molar-refractivity contribution in [3.05, 3.63) is 0 Å². The Kier molecular flexibility index (Phi) is 8.16. The lowest BCUT2D eigenvalue weighted by Gasteiger charge is -2.35. The molecule has 0 saturated carbocycles. The topological polar surface area (TPSA) is 57.1 Å². The molecule has 0 bridgehead atoms. The summed E-state index contributed by atoms with van der Waals surface area (Å²) in [5.74, 6) is 2.10. The molecule has 0 aliphatic carbocycles. The van der Waals surface area contributed by atoms with E-state index in [1.54, 1.807) is 30.4 Å². The molecule has 0 aromatic carbocycles. The van der Waals surface area contributed by atoms with Gasteiger partial charge in [-0.05, 0) is 27.7 Å². The number of hydrogen-bond acceptors (Lipinski definition) is 7. The van der Waals surface area contributed by atoms with Gasteiger partial charge in [-0.25, -0.2) is 0 Å². The SMILES string of the molecule is CCOC(C)(OCC)P(=O)(CN=C1SCCS1)OCC. The quantitative estimate of drug-likeness (QED) is 0.469. The Bertz CT molecular complexity index is 364. The molecule has 1 rings (SSSR count). The Morgan fingerprint density at radius 2 is 1.70 bits per heavy atom. The van der Waals surface area contributed by atoms with Gasteiger partial charge in [0.25, 0.3) is 7.37 Å². The molecular formula is C12H24NO4PS2. The van der Waals surface area contributed by atoms with Gasteiger partial charge in [0.05, 0.1) is 6.61 Å². The molecule has 0 aromatic rings. The third-order valence-electron chi connectivity index (χ3n) is 2.70. The van der Waals surface area contributed by atoms with Crippen LogP contribution >= 0.6 is 30.9 Å². The summed E-state index contributed by atoms with van der Waals surface area (Å²) in [4.78, 5) is 4.44. The van der Waals surface area contributed by atoms with Crippen molar-refractivity contribution >= 4 is 35.3 Å². The Hall–Kier alpha value is 0.480. The summed E-state index contributed by atoms with van der Waals surface area (Å²) in [7, 11) is -3.19. The van der Waals surface area contributed by atoms with Crippen LogP contribution in [0.3, 0.4) is 0 Å². The first kappa shape index (κ1) is 18.5. The van der Waals surface area contributed by atoms with Gasteiger partial charge in [-0.1, -0.05) is 23.5 Å². The fourth-order valence-electron chi connectivity index (χ4n) is 1.81. The van der Waals surface area contributed by atoms with Crippen LogP contribution in [0.5, 0.6) is 0 Å². The van der Waals surface area contributed by atoms with Crippen molar-refractivity contribution in [2.45, 2.75) is 33.2 Å². The van der Waals surface area contributed by atoms with Crippen LogP contribution in [0.4, 0.5) is 0 Å². The molecule has 5 nitrogen and oxygen atoms in total. The smallest absolute Gasteiger partial charge is 0.281 e. The summed E-state index contributed by atoms with van der Waals surface area (Å²) in [5, 5.41) is 0. The highest BCUT2D eigenvalue weighted by molar-refractivity contribution is 8.41. The summed E-state index contributed by atoms with van der Waals surface area (Å²) in [6.45, 7) is 8.37. The molecule has 118 valence electrons. The zero-order chi connectivity index (χ0) is 15.1. The predicted molar refractivity (Wildman–Crippen MR) is 88.1 cm³/mol. The highest BCUT2D eigenvalue weighted by Gasteiger charge is 2.48. The maximum atomic E-state index is 13.2. The van der Waals surface area contributed by atoms with Crippen LogP contribution in [-0.2, 0) is 18.6 Å². The standard InChI is InChI=1S/C12H24NO4PS2/c1-5-15-12(4,16-6-2)18(14,17-7-3)10-13-11-19-8-9-20-11/h5-10H2,1-4H3. The summed E-state index contributed by atoms with van der Waals surface area (Å²) in [6.07, 6.45) is 0.104. The van der Waals surface area contributed by atoms with Crippen molar-refractivity contribution < 1.29 is 18.6 Å². The van der Waals surface area contributed by atoms with E-state index in [4.69, 9.17) is 14.0 Å². The molecule has 8 heteroatoms. The van der Waals surface area contributed by atoms with Gasteiger partial charge in [0, 0.05) is 24.7 Å². The minimum atomic E-state index is -3.19. The average molecular weight is 341 g/mol. The number of nitrogens with zero attached hydrogens (tertiary/aromatic N) is 1. The number of thioether (sulfide) groups is 2. The highest BCUT2D eigenvalue weighted by Crippen LogP contribution is 2.60. The van der Waals surface area contributed by atoms with E-state index in [0.29, 0.717) is 19.8 Å². The Morgan fingerprint density at radius 1 is 1.15 bits per heavy atom. The maximum Gasteiger partial charge on any atom is 0.281 e. The van der Waals surface area contributed by atoms with Gasteiger partial charge in [0.2, 0.25) is 5.53 Å². The normalized spacial score (nSPS) is 19.1. The van der Waals surface area contributed by atoms with Gasteiger partial charge in [-0.15, -0.1) is 0 Å². The van der Waals surface area contributed by atoms with Crippen LogP contribution in [-0.4, -0.2) is 47.5 Å². The lowest BCUT2D eigenvalue weighted by atomic mass is 10.7. The summed E-state index contributed by atoms with van der Waals surface area (Å²) < 4.78 is 30.9. The van der Waals surface area contributed by atoms with E-state index in [1.165, 1.54) is 0 Å². The monoisotopic (exact) mass is 341 g/mol. The van der Waals surface area contributed by atoms with E-state index >= 15 is 0 Å². The van der Waals surface area contributed by atoms with Crippen LogP contribution in [0.1, 0.15) is 27.7 Å². The first-order valence-corrected chi connectivity index (χ1v) is 10.6. The van der Waals surface area contributed by atoms with E-state index < -0.39 is 12.9 Å². The summed E-state index contributed by atoms with van der Waals surface area (Å²) in [6, 6.07) is 0. The first-order valence-electron chi connectivity index (χ1n) is 6.83. The van der Waals surface area contributed by atoms with Crippen molar-refractivity contribution in [3.8, 4) is 0 Å². The molecule has 0 aromatic heterocycles. The molecule has 0 amide bonds. The second kappa shape index (κ2) is 8.81. The van der Waals surface area contributed by atoms with Crippen molar-refractivity contribution in [1.29, 1.82) is 0 Å². The minimum absolute atomic E-state index is 0.104. The molecule has 1 atom stereocenters. The molecule has 20 heavy (non-hydrogen) atoms. The van der Waals surface area contributed by atoms with Gasteiger partial charge < -0.3 is 14.0 Å². The van der Waals surface area contributed by atoms with Crippen LogP contribution < -0.4 is 0 Å². The number of hydrogen-bond donors (Lipinski definition) is 0. The number of aliphatic imine (C=N–C) groups is 1. The van der Waals surface area contributed by atoms with Crippen LogP contribution in [0.25, 0.3) is 0 Å². The van der Waals surface area contributed by atoms with E-state index in [-0.39, 0.29) is 6.29 Å². The van der Waals surface area contributed by atoms with Crippen molar-refractivity contribution in [2.24, 2.45) is 4.99 Å². The predicted octanol–water partition coefficient (Wildman–Crippen LogP) is 3.84. The lowest BCUT2D eigenvalue weighted by molar-refractivity contribution is -0.167. The molecule has 1 unspecified atom stereocenters. The molecule has 0 spiro atoms. The highest BCUT2D eigenvalue weighted by atomic mass is 32.2. The second-order valence-electron chi connectivity index (χ2n) is 4.12. The largest absolute Gasteiger partial charge is 0.342 e. The first-order chi connectivity index (χ1) is 9.51. The zero-order valence-electron chi connectivity index (χ0n) is 12.6. The molecule has 0 N–H and O–H groups in total. The molecule has 1 saturated heterocycles. The van der Waals surface area contributed by atoms with Crippen LogP contribution in [0.15, 0.2) is 4.99 Å². The summed E-state index contributed by atoms with van der Waals surface area (Å²) in [5.41, 5.74) is -1.23. The van der Waals surface area contributed by atoms with E-state index in [0.717, 1.165) is 15.9 Å². The Labute approximate surface area is 130 Å². The van der Waals surface area contributed by atoms with E-state index in [1.807, 2.05) is 20.8 Å². The number of ether oxygens (including phenoxy) is 2. The molecule has 1 aliphatic heterocycles. The van der Waals surface area contributed by atoms with Crippen molar-refractivity contribution in [2.75, 3.05) is 37.6 Å². The van der Waals surface area contributed by atoms with Crippen LogP contribution in [0, 0.1) is 0 Å². The van der Waals surface area contributed by atoms with E-state index in [2.05, 4.69) is 4.99 Å². The Balaban J connectivity index is 2.91. The van der Waals surface area contributed by atoms with Crippen LogP contribution in [0.2, 0.25) is 0 Å². The fraction of sp³-hybridized carbons (Fsp3) is 0.917. The third kappa shape index (κ3) is 4.75. The van der Waals surface area contributed by atoms with Crippen molar-refractivity contribution in [3.63, 3.8) is 0 Å². The van der Waals surface area contributed by atoms with Gasteiger partial charge in [0.1, 0.15) is 10.7 Å². The maximum absolute atomic E-state index is 13.2. The molecule has 1 fully saturated rings. The average Bonchev–Trinajstić information content (AvgIpc) is 2.90. The molecule has 1 aliphatic rings. The molecular weight excluding hydrogens is 317 g/mol. The van der Waals surface area contributed by atoms with Crippen molar-refractivity contribution in [1.82, 2.24) is 0 Å². The lowest BCUT2D eigenvalue weighted by Crippen LogP contribution is -2.34.